The molecule has 2 atom stereocenters. The van der Waals surface area contributed by atoms with Crippen LogP contribution in [-0.2, 0) is 0 Å². The summed E-state index contributed by atoms with van der Waals surface area (Å²) in [4.78, 5) is 12.1. The average molecular weight is 391 g/mol. The largest absolute Gasteiger partial charge is 0.393 e. The van der Waals surface area contributed by atoms with E-state index in [-0.39, 0.29) is 17.9 Å². The van der Waals surface area contributed by atoms with Gasteiger partial charge in [-0.3, -0.25) is 4.79 Å². The molecule has 2 N–H and O–H groups in total. The van der Waals surface area contributed by atoms with Gasteiger partial charge in [0.2, 0.25) is 0 Å². The minimum Gasteiger partial charge on any atom is -0.393 e. The van der Waals surface area contributed by atoms with E-state index in [0.29, 0.717) is 12.1 Å². The molecule has 0 heterocycles. The zero-order chi connectivity index (χ0) is 13.8. The third kappa shape index (κ3) is 4.04. The topological polar surface area (TPSA) is 49.3 Å². The molecule has 5 heteroatoms. The first-order valence-electron chi connectivity index (χ1n) is 6.49. The number of benzene rings is 1. The standard InChI is InChI=1S/C14H17Br2NO2/c15-10-5-6-12(16)11(7-10)14(19)17-8-9-3-1-2-4-13(9)18/h5-7,9,13,18H,1-4,8H2,(H,17,19). The molecule has 0 bridgehead atoms. The molecule has 19 heavy (non-hydrogen) atoms. The maximum Gasteiger partial charge on any atom is 0.252 e. The first kappa shape index (κ1) is 15.0. The van der Waals surface area contributed by atoms with Crippen LogP contribution < -0.4 is 5.32 Å². The van der Waals surface area contributed by atoms with Crippen molar-refractivity contribution in [3.05, 3.63) is 32.7 Å². The van der Waals surface area contributed by atoms with E-state index in [1.807, 2.05) is 12.1 Å². The smallest absolute Gasteiger partial charge is 0.252 e. The lowest BCUT2D eigenvalue weighted by Crippen LogP contribution is -2.36. The van der Waals surface area contributed by atoms with Crippen molar-refractivity contribution in [2.45, 2.75) is 31.8 Å². The monoisotopic (exact) mass is 389 g/mol. The zero-order valence-electron chi connectivity index (χ0n) is 10.5. The van der Waals surface area contributed by atoms with E-state index in [2.05, 4.69) is 37.2 Å². The molecular formula is C14H17Br2NO2. The third-order valence-corrected chi connectivity index (χ3v) is 4.75. The van der Waals surface area contributed by atoms with Crippen LogP contribution in [0.4, 0.5) is 0 Å². The summed E-state index contributed by atoms with van der Waals surface area (Å²) in [6.45, 7) is 0.541. The molecule has 1 aliphatic rings. The van der Waals surface area contributed by atoms with Crippen molar-refractivity contribution in [1.82, 2.24) is 5.32 Å². The molecular weight excluding hydrogens is 374 g/mol. The lowest BCUT2D eigenvalue weighted by Gasteiger charge is -2.27. The van der Waals surface area contributed by atoms with Gasteiger partial charge in [-0.1, -0.05) is 28.8 Å². The Morgan fingerprint density at radius 1 is 1.32 bits per heavy atom. The second-order valence-electron chi connectivity index (χ2n) is 4.95. The van der Waals surface area contributed by atoms with Crippen LogP contribution in [0.2, 0.25) is 0 Å². The van der Waals surface area contributed by atoms with Crippen LogP contribution >= 0.6 is 31.9 Å². The summed E-state index contributed by atoms with van der Waals surface area (Å²) < 4.78 is 1.65. The number of nitrogens with one attached hydrogen (secondary N) is 1. The number of hydrogen-bond donors (Lipinski definition) is 2. The Hall–Kier alpha value is -0.390. The maximum atomic E-state index is 12.1. The molecule has 0 aromatic heterocycles. The van der Waals surface area contributed by atoms with E-state index in [0.717, 1.165) is 34.6 Å². The highest BCUT2D eigenvalue weighted by Gasteiger charge is 2.23. The molecule has 0 saturated heterocycles. The van der Waals surface area contributed by atoms with E-state index in [4.69, 9.17) is 0 Å². The van der Waals surface area contributed by atoms with Crippen LogP contribution in [0.1, 0.15) is 36.0 Å². The number of halogens is 2. The van der Waals surface area contributed by atoms with Crippen molar-refractivity contribution < 1.29 is 9.90 Å². The molecule has 2 rings (SSSR count). The van der Waals surface area contributed by atoms with E-state index < -0.39 is 0 Å². The molecule has 3 nitrogen and oxygen atoms in total. The zero-order valence-corrected chi connectivity index (χ0v) is 13.7. The number of aliphatic hydroxyl groups excluding tert-OH is 1. The highest BCUT2D eigenvalue weighted by molar-refractivity contribution is 9.11. The molecule has 0 spiro atoms. The van der Waals surface area contributed by atoms with E-state index in [1.54, 1.807) is 6.07 Å². The summed E-state index contributed by atoms with van der Waals surface area (Å²) in [7, 11) is 0. The van der Waals surface area contributed by atoms with E-state index >= 15 is 0 Å². The van der Waals surface area contributed by atoms with Gasteiger partial charge in [0.1, 0.15) is 0 Å². The lowest BCUT2D eigenvalue weighted by molar-refractivity contribution is 0.0662. The normalized spacial score (nSPS) is 23.1. The summed E-state index contributed by atoms with van der Waals surface area (Å²) in [6.07, 6.45) is 3.78. The summed E-state index contributed by atoms with van der Waals surface area (Å²) >= 11 is 6.74. The van der Waals surface area contributed by atoms with Crippen LogP contribution in [0.5, 0.6) is 0 Å². The average Bonchev–Trinajstić information content (AvgIpc) is 2.40. The number of hydrogen-bond acceptors (Lipinski definition) is 2. The van der Waals surface area contributed by atoms with Crippen molar-refractivity contribution in [3.63, 3.8) is 0 Å². The molecule has 1 aliphatic carbocycles. The predicted octanol–water partition coefficient (Wildman–Crippen LogP) is 3.49. The van der Waals surface area contributed by atoms with Crippen LogP contribution in [-0.4, -0.2) is 23.7 Å². The summed E-state index contributed by atoms with van der Waals surface area (Å²) in [5, 5.41) is 12.8. The summed E-state index contributed by atoms with van der Waals surface area (Å²) in [5.74, 6) is 0.0783. The molecule has 0 aliphatic heterocycles. The Kier molecular flexibility index (Phi) is 5.42. The quantitative estimate of drug-likeness (QED) is 0.829. The van der Waals surface area contributed by atoms with Crippen molar-refractivity contribution in [1.29, 1.82) is 0 Å². The molecule has 1 aromatic carbocycles. The highest BCUT2D eigenvalue weighted by atomic mass is 79.9. The van der Waals surface area contributed by atoms with Crippen molar-refractivity contribution >= 4 is 37.8 Å². The van der Waals surface area contributed by atoms with Gasteiger partial charge in [0, 0.05) is 21.4 Å². The van der Waals surface area contributed by atoms with Crippen LogP contribution in [0.15, 0.2) is 27.1 Å². The van der Waals surface area contributed by atoms with Crippen molar-refractivity contribution in [3.8, 4) is 0 Å². The highest BCUT2D eigenvalue weighted by Crippen LogP contribution is 2.24. The molecule has 2 unspecified atom stereocenters. The predicted molar refractivity (Wildman–Crippen MR) is 82.1 cm³/mol. The molecule has 0 radical (unpaired) electrons. The lowest BCUT2D eigenvalue weighted by atomic mass is 9.86. The van der Waals surface area contributed by atoms with Gasteiger partial charge in [-0.2, -0.15) is 0 Å². The first-order valence-corrected chi connectivity index (χ1v) is 8.08. The van der Waals surface area contributed by atoms with Gasteiger partial charge >= 0.3 is 0 Å². The van der Waals surface area contributed by atoms with Gasteiger partial charge in [-0.15, -0.1) is 0 Å². The molecule has 1 fully saturated rings. The molecule has 1 aromatic rings. The SMILES string of the molecule is O=C(NCC1CCCCC1O)c1cc(Br)ccc1Br. The van der Waals surface area contributed by atoms with Gasteiger partial charge < -0.3 is 10.4 Å². The van der Waals surface area contributed by atoms with Crippen LogP contribution in [0.25, 0.3) is 0 Å². The van der Waals surface area contributed by atoms with Gasteiger partial charge in [0.05, 0.1) is 11.7 Å². The van der Waals surface area contributed by atoms with Crippen LogP contribution in [0.3, 0.4) is 0 Å². The molecule has 1 saturated carbocycles. The third-order valence-electron chi connectivity index (χ3n) is 3.57. The Morgan fingerprint density at radius 3 is 2.79 bits per heavy atom. The fourth-order valence-electron chi connectivity index (χ4n) is 2.42. The van der Waals surface area contributed by atoms with Gasteiger partial charge in [-0.25, -0.2) is 0 Å². The summed E-state index contributed by atoms with van der Waals surface area (Å²) in [5.41, 5.74) is 0.611. The molecule has 1 amide bonds. The minimum absolute atomic E-state index is 0.106. The second kappa shape index (κ2) is 6.86. The Balaban J connectivity index is 1.95. The number of rotatable bonds is 3. The molecule has 104 valence electrons. The van der Waals surface area contributed by atoms with Gasteiger partial charge in [0.15, 0.2) is 0 Å². The summed E-state index contributed by atoms with van der Waals surface area (Å²) in [6, 6.07) is 5.51. The van der Waals surface area contributed by atoms with Gasteiger partial charge in [-0.05, 0) is 47.0 Å². The Morgan fingerprint density at radius 2 is 2.05 bits per heavy atom. The number of aliphatic hydroxyl groups is 1. The Labute approximate surface area is 130 Å². The first-order chi connectivity index (χ1) is 9.08. The second-order valence-corrected chi connectivity index (χ2v) is 6.72. The van der Waals surface area contributed by atoms with E-state index in [1.165, 1.54) is 0 Å². The van der Waals surface area contributed by atoms with E-state index in [9.17, 15) is 9.90 Å². The Bertz CT molecular complexity index is 465. The minimum atomic E-state index is -0.278. The van der Waals surface area contributed by atoms with Crippen molar-refractivity contribution in [2.24, 2.45) is 5.92 Å². The number of carbonyl (C=O) groups is 1. The van der Waals surface area contributed by atoms with Crippen LogP contribution in [0, 0.1) is 5.92 Å². The number of carbonyl (C=O) groups excluding carboxylic acids is 1. The maximum absolute atomic E-state index is 12.1. The fraction of sp³-hybridized carbons (Fsp3) is 0.500. The number of amides is 1. The van der Waals surface area contributed by atoms with Crippen molar-refractivity contribution in [2.75, 3.05) is 6.54 Å². The fourth-order valence-corrected chi connectivity index (χ4v) is 3.20. The van der Waals surface area contributed by atoms with Gasteiger partial charge in [0.25, 0.3) is 5.91 Å².